The first kappa shape index (κ1) is 20.3. The Morgan fingerprint density at radius 1 is 0.931 bits per heavy atom. The molecule has 2 aromatic carbocycles. The molecule has 0 bridgehead atoms. The van der Waals surface area contributed by atoms with Crippen molar-refractivity contribution in [2.24, 2.45) is 0 Å². The molecule has 0 aliphatic heterocycles. The Labute approximate surface area is 172 Å². The highest BCUT2D eigenvalue weighted by atomic mass is 32.1. The summed E-state index contributed by atoms with van der Waals surface area (Å²) < 4.78 is 5.06. The van der Waals surface area contributed by atoms with Crippen LogP contribution in [-0.2, 0) is 16.0 Å². The molecule has 0 radical (unpaired) electrons. The van der Waals surface area contributed by atoms with Gasteiger partial charge in [-0.1, -0.05) is 25.1 Å². The number of benzene rings is 2. The van der Waals surface area contributed by atoms with E-state index in [-0.39, 0.29) is 12.5 Å². The normalized spacial score (nSPS) is 10.2. The molecular weight excluding hydrogens is 388 g/mol. The number of nitrogens with one attached hydrogen (secondary N) is 2. The summed E-state index contributed by atoms with van der Waals surface area (Å²) in [5.74, 6) is -1.23. The van der Waals surface area contributed by atoms with E-state index in [1.165, 1.54) is 23.5 Å². The zero-order valence-corrected chi connectivity index (χ0v) is 16.6. The maximum Gasteiger partial charge on any atom is 0.338 e. The van der Waals surface area contributed by atoms with Gasteiger partial charge in [0.1, 0.15) is 0 Å². The van der Waals surface area contributed by atoms with Gasteiger partial charge >= 0.3 is 5.97 Å². The second-order valence-electron chi connectivity index (χ2n) is 6.19. The number of aryl methyl sites for hydroxylation is 1. The fourth-order valence-electron chi connectivity index (χ4n) is 2.57. The van der Waals surface area contributed by atoms with Gasteiger partial charge in [-0.15, -0.1) is 11.3 Å². The third-order valence-corrected chi connectivity index (χ3v) is 4.95. The van der Waals surface area contributed by atoms with E-state index >= 15 is 0 Å². The third kappa shape index (κ3) is 5.76. The molecule has 1 aromatic heterocycles. The third-order valence-electron chi connectivity index (χ3n) is 4.08. The zero-order valence-electron chi connectivity index (χ0n) is 15.8. The molecule has 0 saturated heterocycles. The molecule has 0 spiro atoms. The first-order valence-corrected chi connectivity index (χ1v) is 9.94. The van der Waals surface area contributed by atoms with E-state index in [0.717, 1.165) is 12.0 Å². The Morgan fingerprint density at radius 2 is 1.72 bits per heavy atom. The monoisotopic (exact) mass is 408 g/mol. The molecule has 7 heteroatoms. The quantitative estimate of drug-likeness (QED) is 0.569. The number of hydrogen-bond acceptors (Lipinski definition) is 5. The average molecular weight is 408 g/mol. The van der Waals surface area contributed by atoms with E-state index in [0.29, 0.717) is 21.8 Å². The van der Waals surface area contributed by atoms with Crippen molar-refractivity contribution < 1.29 is 19.1 Å². The van der Waals surface area contributed by atoms with Crippen molar-refractivity contribution in [3.05, 3.63) is 82.0 Å². The predicted molar refractivity (Wildman–Crippen MR) is 113 cm³/mol. The minimum Gasteiger partial charge on any atom is -0.452 e. The number of hydrogen-bond donors (Lipinski definition) is 2. The van der Waals surface area contributed by atoms with Crippen molar-refractivity contribution >= 4 is 40.5 Å². The van der Waals surface area contributed by atoms with Crippen LogP contribution in [0.4, 0.5) is 11.4 Å². The highest BCUT2D eigenvalue weighted by molar-refractivity contribution is 7.12. The fraction of sp³-hybridized carbons (Fsp3) is 0.136. The topological polar surface area (TPSA) is 84.5 Å². The Morgan fingerprint density at radius 3 is 2.41 bits per heavy atom. The van der Waals surface area contributed by atoms with Crippen molar-refractivity contribution in [3.63, 3.8) is 0 Å². The van der Waals surface area contributed by atoms with Gasteiger partial charge in [0.15, 0.2) is 6.61 Å². The van der Waals surface area contributed by atoms with E-state index < -0.39 is 11.9 Å². The van der Waals surface area contributed by atoms with Gasteiger partial charge in [-0.2, -0.15) is 0 Å². The molecule has 2 amide bonds. The van der Waals surface area contributed by atoms with E-state index in [4.69, 9.17) is 4.74 Å². The van der Waals surface area contributed by atoms with Gasteiger partial charge in [0.2, 0.25) is 0 Å². The zero-order chi connectivity index (χ0) is 20.6. The van der Waals surface area contributed by atoms with Crippen LogP contribution in [0.2, 0.25) is 0 Å². The van der Waals surface area contributed by atoms with Crippen molar-refractivity contribution in [1.82, 2.24) is 0 Å². The first-order chi connectivity index (χ1) is 14.0. The highest BCUT2D eigenvalue weighted by Crippen LogP contribution is 2.15. The van der Waals surface area contributed by atoms with E-state index in [9.17, 15) is 14.4 Å². The summed E-state index contributed by atoms with van der Waals surface area (Å²) in [6, 6.07) is 17.3. The fourth-order valence-corrected chi connectivity index (χ4v) is 3.19. The molecule has 0 fully saturated rings. The first-order valence-electron chi connectivity index (χ1n) is 9.06. The SMILES string of the molecule is CCc1cccc(NC(=O)COC(=O)c2ccc(NC(=O)c3cccs3)cc2)c1. The molecule has 2 N–H and O–H groups in total. The summed E-state index contributed by atoms with van der Waals surface area (Å²) in [4.78, 5) is 36.8. The number of thiophene rings is 1. The summed E-state index contributed by atoms with van der Waals surface area (Å²) in [7, 11) is 0. The summed E-state index contributed by atoms with van der Waals surface area (Å²) in [6.45, 7) is 1.65. The van der Waals surface area contributed by atoms with Crippen LogP contribution in [0.15, 0.2) is 66.0 Å². The molecule has 148 valence electrons. The Bertz CT molecular complexity index is 998. The molecule has 29 heavy (non-hydrogen) atoms. The number of carbonyl (C=O) groups excluding carboxylic acids is 3. The largest absolute Gasteiger partial charge is 0.452 e. The van der Waals surface area contributed by atoms with Gasteiger partial charge in [0.05, 0.1) is 10.4 Å². The molecule has 0 atom stereocenters. The Balaban J connectivity index is 1.50. The number of esters is 1. The van der Waals surface area contributed by atoms with Crippen molar-refractivity contribution in [1.29, 1.82) is 0 Å². The maximum absolute atomic E-state index is 12.1. The lowest BCUT2D eigenvalue weighted by molar-refractivity contribution is -0.119. The lowest BCUT2D eigenvalue weighted by Crippen LogP contribution is -2.21. The van der Waals surface area contributed by atoms with Crippen LogP contribution in [0.5, 0.6) is 0 Å². The summed E-state index contributed by atoms with van der Waals surface area (Å²) >= 11 is 1.35. The van der Waals surface area contributed by atoms with Crippen molar-refractivity contribution in [2.75, 3.05) is 17.2 Å². The lowest BCUT2D eigenvalue weighted by atomic mass is 10.1. The van der Waals surface area contributed by atoms with Crippen molar-refractivity contribution in [2.45, 2.75) is 13.3 Å². The number of rotatable bonds is 7. The van der Waals surface area contributed by atoms with Crippen LogP contribution < -0.4 is 10.6 Å². The number of ether oxygens (including phenoxy) is 1. The molecule has 0 aliphatic rings. The summed E-state index contributed by atoms with van der Waals surface area (Å²) in [5, 5.41) is 7.28. The molecule has 1 heterocycles. The molecular formula is C22H20N2O4S. The molecule has 6 nitrogen and oxygen atoms in total. The minimum absolute atomic E-state index is 0.209. The molecule has 3 rings (SSSR count). The van der Waals surface area contributed by atoms with Crippen LogP contribution in [0, 0.1) is 0 Å². The van der Waals surface area contributed by atoms with Gasteiger partial charge < -0.3 is 15.4 Å². The molecule has 0 aliphatic carbocycles. The summed E-state index contributed by atoms with van der Waals surface area (Å²) in [6.07, 6.45) is 0.864. The van der Waals surface area contributed by atoms with Gasteiger partial charge in [-0.05, 0) is 59.8 Å². The highest BCUT2D eigenvalue weighted by Gasteiger charge is 2.12. The van der Waals surface area contributed by atoms with Gasteiger partial charge in [0, 0.05) is 11.4 Å². The average Bonchev–Trinajstić information content (AvgIpc) is 3.28. The van der Waals surface area contributed by atoms with Crippen molar-refractivity contribution in [3.8, 4) is 0 Å². The standard InChI is InChI=1S/C22H20N2O4S/c1-2-15-5-3-6-18(13-15)23-20(25)14-28-22(27)16-8-10-17(11-9-16)24-21(26)19-7-4-12-29-19/h3-13H,2,14H2,1H3,(H,23,25)(H,24,26). The Kier molecular flexibility index (Phi) is 6.76. The number of carbonyl (C=O) groups is 3. The van der Waals surface area contributed by atoms with E-state index in [2.05, 4.69) is 10.6 Å². The van der Waals surface area contributed by atoms with Crippen LogP contribution in [0.25, 0.3) is 0 Å². The second-order valence-corrected chi connectivity index (χ2v) is 7.13. The van der Waals surface area contributed by atoms with Crippen LogP contribution in [-0.4, -0.2) is 24.4 Å². The minimum atomic E-state index is -0.612. The molecule has 0 unspecified atom stereocenters. The van der Waals surface area contributed by atoms with E-state index in [1.54, 1.807) is 30.3 Å². The molecule has 0 saturated carbocycles. The number of anilines is 2. The van der Waals surface area contributed by atoms with Crippen LogP contribution in [0.1, 0.15) is 32.5 Å². The van der Waals surface area contributed by atoms with Gasteiger partial charge in [0.25, 0.3) is 11.8 Å². The summed E-state index contributed by atoms with van der Waals surface area (Å²) in [5.41, 5.74) is 2.62. The maximum atomic E-state index is 12.1. The van der Waals surface area contributed by atoms with E-state index in [1.807, 2.05) is 30.5 Å². The van der Waals surface area contributed by atoms with Crippen LogP contribution >= 0.6 is 11.3 Å². The Hall–Kier alpha value is -3.45. The van der Waals surface area contributed by atoms with Crippen LogP contribution in [0.3, 0.4) is 0 Å². The predicted octanol–water partition coefficient (Wildman–Crippen LogP) is 4.36. The second kappa shape index (κ2) is 9.66. The van der Waals surface area contributed by atoms with Gasteiger partial charge in [-0.3, -0.25) is 9.59 Å². The van der Waals surface area contributed by atoms with Gasteiger partial charge in [-0.25, -0.2) is 4.79 Å². The smallest absolute Gasteiger partial charge is 0.338 e. The lowest BCUT2D eigenvalue weighted by Gasteiger charge is -2.08. The molecule has 3 aromatic rings. The number of amides is 2.